The summed E-state index contributed by atoms with van der Waals surface area (Å²) in [5, 5.41) is 3.01. The van der Waals surface area contributed by atoms with Crippen molar-refractivity contribution in [2.45, 2.75) is 33.7 Å². The van der Waals surface area contributed by atoms with Gasteiger partial charge in [0.2, 0.25) is 11.8 Å². The average molecular weight is 401 g/mol. The van der Waals surface area contributed by atoms with Gasteiger partial charge in [-0.25, -0.2) is 0 Å². The molecule has 2 atom stereocenters. The number of piperidine rings is 1. The van der Waals surface area contributed by atoms with Crippen molar-refractivity contribution < 1.29 is 9.59 Å². The molecule has 160 valence electrons. The summed E-state index contributed by atoms with van der Waals surface area (Å²) < 4.78 is 0. The molecule has 1 N–H and O–H groups in total. The van der Waals surface area contributed by atoms with E-state index in [9.17, 15) is 9.59 Å². The Labute approximate surface area is 175 Å². The van der Waals surface area contributed by atoms with Crippen LogP contribution < -0.4 is 5.32 Å². The van der Waals surface area contributed by atoms with Gasteiger partial charge in [0.15, 0.2) is 0 Å². The fourth-order valence-corrected chi connectivity index (χ4v) is 4.43. The molecule has 0 spiro atoms. The van der Waals surface area contributed by atoms with E-state index in [0.717, 1.165) is 44.8 Å². The monoisotopic (exact) mass is 400 g/mol. The highest BCUT2D eigenvalue weighted by Gasteiger charge is 2.27. The maximum absolute atomic E-state index is 12.7. The van der Waals surface area contributed by atoms with Gasteiger partial charge in [0.25, 0.3) is 0 Å². The number of rotatable bonds is 6. The SMILES string of the molecule is Cc1ccc(CNC(=O)CN2CCN(CC(=O)N3CC(C)CC(C)C3)CC2)cc1. The van der Waals surface area contributed by atoms with Crippen LogP contribution in [0, 0.1) is 18.8 Å². The van der Waals surface area contributed by atoms with Crippen molar-refractivity contribution in [3.05, 3.63) is 35.4 Å². The molecular formula is C23H36N4O2. The summed E-state index contributed by atoms with van der Waals surface area (Å²) in [7, 11) is 0. The van der Waals surface area contributed by atoms with Crippen molar-refractivity contribution in [2.75, 3.05) is 52.4 Å². The van der Waals surface area contributed by atoms with Crippen LogP contribution in [0.3, 0.4) is 0 Å². The van der Waals surface area contributed by atoms with Crippen LogP contribution in [0.5, 0.6) is 0 Å². The molecule has 2 aliphatic rings. The number of carbonyl (C=O) groups excluding carboxylic acids is 2. The van der Waals surface area contributed by atoms with Gasteiger partial charge in [-0.15, -0.1) is 0 Å². The summed E-state index contributed by atoms with van der Waals surface area (Å²) in [5.41, 5.74) is 2.34. The zero-order chi connectivity index (χ0) is 20.8. The van der Waals surface area contributed by atoms with Gasteiger partial charge >= 0.3 is 0 Å². The zero-order valence-electron chi connectivity index (χ0n) is 18.2. The van der Waals surface area contributed by atoms with E-state index in [0.29, 0.717) is 31.5 Å². The maximum atomic E-state index is 12.7. The van der Waals surface area contributed by atoms with Gasteiger partial charge in [-0.2, -0.15) is 0 Å². The topological polar surface area (TPSA) is 55.9 Å². The predicted molar refractivity (Wildman–Crippen MR) is 115 cm³/mol. The first kappa shape index (κ1) is 21.8. The molecule has 2 saturated heterocycles. The minimum absolute atomic E-state index is 0.0615. The maximum Gasteiger partial charge on any atom is 0.236 e. The van der Waals surface area contributed by atoms with E-state index in [4.69, 9.17) is 0 Å². The summed E-state index contributed by atoms with van der Waals surface area (Å²) in [6.45, 7) is 13.2. The van der Waals surface area contributed by atoms with Gasteiger partial charge < -0.3 is 10.2 Å². The third-order valence-electron chi connectivity index (χ3n) is 6.02. The lowest BCUT2D eigenvalue weighted by Crippen LogP contribution is -2.53. The number of carbonyl (C=O) groups is 2. The predicted octanol–water partition coefficient (Wildman–Crippen LogP) is 1.73. The van der Waals surface area contributed by atoms with Crippen molar-refractivity contribution in [3.8, 4) is 0 Å². The summed E-state index contributed by atoms with van der Waals surface area (Å²) >= 11 is 0. The van der Waals surface area contributed by atoms with Crippen LogP contribution in [-0.2, 0) is 16.1 Å². The summed E-state index contributed by atoms with van der Waals surface area (Å²) in [6.07, 6.45) is 1.22. The van der Waals surface area contributed by atoms with Crippen LogP contribution in [0.2, 0.25) is 0 Å². The number of aryl methyl sites for hydroxylation is 1. The van der Waals surface area contributed by atoms with Crippen LogP contribution in [0.4, 0.5) is 0 Å². The summed E-state index contributed by atoms with van der Waals surface area (Å²) in [4.78, 5) is 31.4. The fraction of sp³-hybridized carbons (Fsp3) is 0.652. The van der Waals surface area contributed by atoms with Crippen molar-refractivity contribution in [2.24, 2.45) is 11.8 Å². The third kappa shape index (κ3) is 6.82. The van der Waals surface area contributed by atoms with Crippen LogP contribution in [0.15, 0.2) is 24.3 Å². The highest BCUT2D eigenvalue weighted by Crippen LogP contribution is 2.21. The highest BCUT2D eigenvalue weighted by atomic mass is 16.2. The van der Waals surface area contributed by atoms with Gasteiger partial charge in [-0.3, -0.25) is 19.4 Å². The molecule has 0 aliphatic carbocycles. The van der Waals surface area contributed by atoms with Gasteiger partial charge in [-0.1, -0.05) is 43.7 Å². The Bertz CT molecular complexity index is 673. The van der Waals surface area contributed by atoms with E-state index in [2.05, 4.69) is 60.2 Å². The number of hydrogen-bond acceptors (Lipinski definition) is 4. The Hall–Kier alpha value is -1.92. The largest absolute Gasteiger partial charge is 0.351 e. The number of benzene rings is 1. The lowest BCUT2D eigenvalue weighted by atomic mass is 9.92. The van der Waals surface area contributed by atoms with Gasteiger partial charge in [0.05, 0.1) is 13.1 Å². The van der Waals surface area contributed by atoms with Crippen molar-refractivity contribution in [1.29, 1.82) is 0 Å². The molecule has 2 aliphatic heterocycles. The summed E-state index contributed by atoms with van der Waals surface area (Å²) in [5.74, 6) is 1.51. The standard InChI is InChI=1S/C23H36N4O2/c1-18-4-6-21(7-5-18)13-24-22(28)16-25-8-10-26(11-9-25)17-23(29)27-14-19(2)12-20(3)15-27/h4-7,19-20H,8-17H2,1-3H3,(H,24,28). The number of piperazine rings is 1. The number of amides is 2. The molecule has 3 rings (SSSR count). The second-order valence-electron chi connectivity index (χ2n) is 9.06. The number of nitrogens with one attached hydrogen (secondary N) is 1. The van der Waals surface area contributed by atoms with Gasteiger partial charge in [-0.05, 0) is 30.7 Å². The Balaban J connectivity index is 1.35. The zero-order valence-corrected chi connectivity index (χ0v) is 18.2. The number of hydrogen-bond donors (Lipinski definition) is 1. The number of likely N-dealkylation sites (tertiary alicyclic amines) is 1. The molecule has 6 heteroatoms. The fourth-order valence-electron chi connectivity index (χ4n) is 4.43. The first-order chi connectivity index (χ1) is 13.9. The molecule has 2 unspecified atom stereocenters. The first-order valence-corrected chi connectivity index (χ1v) is 10.9. The second kappa shape index (κ2) is 10.2. The van der Waals surface area contributed by atoms with E-state index in [-0.39, 0.29) is 11.8 Å². The van der Waals surface area contributed by atoms with Crippen molar-refractivity contribution in [3.63, 3.8) is 0 Å². The van der Waals surface area contributed by atoms with Crippen LogP contribution in [0.25, 0.3) is 0 Å². The van der Waals surface area contributed by atoms with E-state index >= 15 is 0 Å². The molecule has 2 heterocycles. The Morgan fingerprint density at radius 2 is 1.48 bits per heavy atom. The van der Waals surface area contributed by atoms with E-state index in [1.165, 1.54) is 12.0 Å². The van der Waals surface area contributed by atoms with E-state index < -0.39 is 0 Å². The van der Waals surface area contributed by atoms with E-state index in [1.54, 1.807) is 0 Å². The van der Waals surface area contributed by atoms with Crippen LogP contribution >= 0.6 is 0 Å². The second-order valence-corrected chi connectivity index (χ2v) is 9.06. The average Bonchev–Trinajstić information content (AvgIpc) is 2.68. The van der Waals surface area contributed by atoms with E-state index in [1.807, 2.05) is 4.90 Å². The Kier molecular flexibility index (Phi) is 7.67. The highest BCUT2D eigenvalue weighted by molar-refractivity contribution is 5.79. The minimum atomic E-state index is 0.0615. The molecule has 6 nitrogen and oxygen atoms in total. The van der Waals surface area contributed by atoms with Crippen LogP contribution in [0.1, 0.15) is 31.4 Å². The van der Waals surface area contributed by atoms with Crippen LogP contribution in [-0.4, -0.2) is 78.9 Å². The van der Waals surface area contributed by atoms with Gasteiger partial charge in [0.1, 0.15) is 0 Å². The normalized spacial score (nSPS) is 23.8. The molecule has 29 heavy (non-hydrogen) atoms. The van der Waals surface area contributed by atoms with Gasteiger partial charge in [0, 0.05) is 45.8 Å². The molecule has 1 aromatic carbocycles. The number of nitrogens with zero attached hydrogens (tertiary/aromatic N) is 3. The molecule has 2 fully saturated rings. The molecule has 0 aromatic heterocycles. The Morgan fingerprint density at radius 3 is 2.07 bits per heavy atom. The first-order valence-electron chi connectivity index (χ1n) is 10.9. The molecule has 2 amide bonds. The lowest BCUT2D eigenvalue weighted by molar-refractivity contribution is -0.135. The summed E-state index contributed by atoms with van der Waals surface area (Å²) in [6, 6.07) is 8.23. The molecule has 0 radical (unpaired) electrons. The smallest absolute Gasteiger partial charge is 0.236 e. The van der Waals surface area contributed by atoms with Crippen molar-refractivity contribution in [1.82, 2.24) is 20.0 Å². The molecular weight excluding hydrogens is 364 g/mol. The molecule has 0 bridgehead atoms. The quantitative estimate of drug-likeness (QED) is 0.790. The third-order valence-corrected chi connectivity index (χ3v) is 6.02. The Morgan fingerprint density at radius 1 is 0.931 bits per heavy atom. The minimum Gasteiger partial charge on any atom is -0.351 e. The lowest BCUT2D eigenvalue weighted by Gasteiger charge is -2.38. The molecule has 0 saturated carbocycles. The molecule has 1 aromatic rings. The van der Waals surface area contributed by atoms with Crippen molar-refractivity contribution >= 4 is 11.8 Å².